The highest BCUT2D eigenvalue weighted by Gasteiger charge is 2.08. The number of carbonyl (C=O) groups excluding carboxylic acids is 1. The maximum atomic E-state index is 13.0. The molecule has 1 rings (SSSR count). The largest absolute Gasteiger partial charge is 0.478 e. The molecule has 4 nitrogen and oxygen atoms in total. The Hall–Kier alpha value is -2.17. The molecule has 1 aromatic rings. The van der Waals surface area contributed by atoms with E-state index in [2.05, 4.69) is 5.32 Å². The molecule has 1 amide bonds. The summed E-state index contributed by atoms with van der Waals surface area (Å²) >= 11 is 0. The molecule has 0 atom stereocenters. The monoisotopic (exact) mass is 237 g/mol. The molecule has 0 radical (unpaired) electrons. The summed E-state index contributed by atoms with van der Waals surface area (Å²) in [6.07, 6.45) is 3.02. The van der Waals surface area contributed by atoms with Crippen LogP contribution < -0.4 is 5.32 Å². The summed E-state index contributed by atoms with van der Waals surface area (Å²) in [6.45, 7) is 1.64. The van der Waals surface area contributed by atoms with Crippen molar-refractivity contribution in [2.45, 2.75) is 6.92 Å². The highest BCUT2D eigenvalue weighted by molar-refractivity contribution is 5.92. The molecular weight excluding hydrogens is 225 g/mol. The molecule has 0 spiro atoms. The molecule has 0 bridgehead atoms. The fourth-order valence-corrected chi connectivity index (χ4v) is 1.25. The fraction of sp³-hybridized carbons (Fsp3) is 0.167. The van der Waals surface area contributed by atoms with Gasteiger partial charge in [0.25, 0.3) is 0 Å². The van der Waals surface area contributed by atoms with Crippen molar-refractivity contribution in [3.8, 4) is 0 Å². The van der Waals surface area contributed by atoms with E-state index in [1.807, 2.05) is 0 Å². The predicted octanol–water partition coefficient (Wildman–Crippen LogP) is 1.67. The van der Waals surface area contributed by atoms with Crippen molar-refractivity contribution in [2.24, 2.45) is 0 Å². The van der Waals surface area contributed by atoms with Gasteiger partial charge in [-0.1, -0.05) is 12.2 Å². The first-order chi connectivity index (χ1) is 8.00. The number of rotatable bonds is 4. The van der Waals surface area contributed by atoms with E-state index in [0.717, 1.165) is 12.1 Å². The topological polar surface area (TPSA) is 66.4 Å². The Labute approximate surface area is 97.8 Å². The molecule has 5 heteroatoms. The van der Waals surface area contributed by atoms with Gasteiger partial charge in [-0.2, -0.15) is 0 Å². The van der Waals surface area contributed by atoms with Gasteiger partial charge in [0.05, 0.1) is 5.56 Å². The number of halogens is 1. The fourth-order valence-electron chi connectivity index (χ4n) is 1.25. The van der Waals surface area contributed by atoms with E-state index in [1.54, 1.807) is 6.08 Å². The van der Waals surface area contributed by atoms with Gasteiger partial charge in [-0.05, 0) is 23.8 Å². The first-order valence-electron chi connectivity index (χ1n) is 4.94. The van der Waals surface area contributed by atoms with Gasteiger partial charge in [0.15, 0.2) is 0 Å². The number of benzene rings is 1. The Morgan fingerprint density at radius 2 is 2.18 bits per heavy atom. The van der Waals surface area contributed by atoms with Gasteiger partial charge in [-0.15, -0.1) is 0 Å². The van der Waals surface area contributed by atoms with E-state index >= 15 is 0 Å². The van der Waals surface area contributed by atoms with Gasteiger partial charge in [0.2, 0.25) is 5.91 Å². The summed E-state index contributed by atoms with van der Waals surface area (Å²) in [4.78, 5) is 21.4. The molecule has 90 valence electrons. The van der Waals surface area contributed by atoms with Crippen molar-refractivity contribution >= 4 is 18.0 Å². The van der Waals surface area contributed by atoms with E-state index in [9.17, 15) is 14.0 Å². The van der Waals surface area contributed by atoms with Crippen LogP contribution in [0.5, 0.6) is 0 Å². The standard InChI is InChI=1S/C12H12FNO3/c1-8(15)14-6-2-3-9-7-10(13)4-5-11(9)12(16)17/h2-5,7H,6H2,1H3,(H,14,15)(H,16,17). The minimum Gasteiger partial charge on any atom is -0.478 e. The van der Waals surface area contributed by atoms with Crippen molar-refractivity contribution in [2.75, 3.05) is 6.54 Å². The molecule has 0 aliphatic rings. The number of hydrogen-bond acceptors (Lipinski definition) is 2. The molecule has 0 heterocycles. The SMILES string of the molecule is CC(=O)NCC=Cc1cc(F)ccc1C(=O)O. The van der Waals surface area contributed by atoms with Gasteiger partial charge in [-0.3, -0.25) is 4.79 Å². The van der Waals surface area contributed by atoms with Crippen LogP contribution in [-0.4, -0.2) is 23.5 Å². The van der Waals surface area contributed by atoms with Gasteiger partial charge >= 0.3 is 5.97 Å². The molecule has 0 fully saturated rings. The van der Waals surface area contributed by atoms with E-state index < -0.39 is 11.8 Å². The molecule has 0 aliphatic carbocycles. The average molecular weight is 237 g/mol. The zero-order valence-electron chi connectivity index (χ0n) is 9.24. The number of carbonyl (C=O) groups is 2. The van der Waals surface area contributed by atoms with Crippen molar-refractivity contribution in [3.63, 3.8) is 0 Å². The smallest absolute Gasteiger partial charge is 0.336 e. The molecule has 1 aromatic carbocycles. The summed E-state index contributed by atoms with van der Waals surface area (Å²) in [6, 6.07) is 3.43. The molecule has 0 unspecified atom stereocenters. The third kappa shape index (κ3) is 4.06. The third-order valence-corrected chi connectivity index (χ3v) is 2.01. The maximum Gasteiger partial charge on any atom is 0.336 e. The average Bonchev–Trinajstić information content (AvgIpc) is 2.23. The number of amides is 1. The summed E-state index contributed by atoms with van der Waals surface area (Å²) < 4.78 is 13.0. The molecular formula is C12H12FNO3. The lowest BCUT2D eigenvalue weighted by molar-refractivity contribution is -0.118. The molecule has 0 aromatic heterocycles. The lowest BCUT2D eigenvalue weighted by Gasteiger charge is -2.01. The second-order valence-electron chi connectivity index (χ2n) is 3.38. The van der Waals surface area contributed by atoms with Crippen LogP contribution in [-0.2, 0) is 4.79 Å². The minimum absolute atomic E-state index is 0.0190. The number of nitrogens with one attached hydrogen (secondary N) is 1. The Bertz CT molecular complexity index is 469. The van der Waals surface area contributed by atoms with Crippen LogP contribution in [0, 0.1) is 5.82 Å². The quantitative estimate of drug-likeness (QED) is 0.837. The summed E-state index contributed by atoms with van der Waals surface area (Å²) in [5, 5.41) is 11.4. The van der Waals surface area contributed by atoms with Crippen molar-refractivity contribution in [1.29, 1.82) is 0 Å². The number of hydrogen-bond donors (Lipinski definition) is 2. The highest BCUT2D eigenvalue weighted by atomic mass is 19.1. The van der Waals surface area contributed by atoms with Crippen molar-refractivity contribution in [3.05, 3.63) is 41.2 Å². The Morgan fingerprint density at radius 1 is 1.47 bits per heavy atom. The van der Waals surface area contributed by atoms with Crippen LogP contribution in [0.2, 0.25) is 0 Å². The summed E-state index contributed by atoms with van der Waals surface area (Å²) in [5.74, 6) is -1.81. The zero-order chi connectivity index (χ0) is 12.8. The predicted molar refractivity (Wildman–Crippen MR) is 61.1 cm³/mol. The zero-order valence-corrected chi connectivity index (χ0v) is 9.24. The molecule has 2 N–H and O–H groups in total. The second kappa shape index (κ2) is 5.79. The summed E-state index contributed by atoms with van der Waals surface area (Å²) in [7, 11) is 0. The number of carboxylic acid groups (broad SMARTS) is 1. The van der Waals surface area contributed by atoms with Crippen LogP contribution in [0.25, 0.3) is 6.08 Å². The minimum atomic E-state index is -1.12. The van der Waals surface area contributed by atoms with Crippen LogP contribution in [0.1, 0.15) is 22.8 Å². The van der Waals surface area contributed by atoms with Gasteiger partial charge < -0.3 is 10.4 Å². The van der Waals surface area contributed by atoms with E-state index in [4.69, 9.17) is 5.11 Å². The second-order valence-corrected chi connectivity index (χ2v) is 3.38. The van der Waals surface area contributed by atoms with Crippen LogP contribution >= 0.6 is 0 Å². The van der Waals surface area contributed by atoms with Crippen molar-refractivity contribution in [1.82, 2.24) is 5.32 Å². The van der Waals surface area contributed by atoms with Gasteiger partial charge in [0, 0.05) is 13.5 Å². The van der Waals surface area contributed by atoms with E-state index in [0.29, 0.717) is 0 Å². The van der Waals surface area contributed by atoms with Crippen molar-refractivity contribution < 1.29 is 19.1 Å². The Kier molecular flexibility index (Phi) is 4.39. The Balaban J connectivity index is 2.85. The summed E-state index contributed by atoms with van der Waals surface area (Å²) in [5.41, 5.74) is 0.285. The Morgan fingerprint density at radius 3 is 2.76 bits per heavy atom. The molecule has 0 saturated heterocycles. The lowest BCUT2D eigenvalue weighted by atomic mass is 10.1. The highest BCUT2D eigenvalue weighted by Crippen LogP contribution is 2.13. The van der Waals surface area contributed by atoms with Gasteiger partial charge in [-0.25, -0.2) is 9.18 Å². The normalized spacial score (nSPS) is 10.5. The van der Waals surface area contributed by atoms with Crippen LogP contribution in [0.3, 0.4) is 0 Å². The van der Waals surface area contributed by atoms with E-state index in [1.165, 1.54) is 19.1 Å². The molecule has 17 heavy (non-hydrogen) atoms. The molecule has 0 saturated carbocycles. The number of carboxylic acids is 1. The van der Waals surface area contributed by atoms with Crippen LogP contribution in [0.4, 0.5) is 4.39 Å². The maximum absolute atomic E-state index is 13.0. The number of aromatic carboxylic acids is 1. The first kappa shape index (κ1) is 12.9. The van der Waals surface area contributed by atoms with Crippen LogP contribution in [0.15, 0.2) is 24.3 Å². The van der Waals surface area contributed by atoms with E-state index in [-0.39, 0.29) is 23.6 Å². The lowest BCUT2D eigenvalue weighted by Crippen LogP contribution is -2.19. The third-order valence-electron chi connectivity index (χ3n) is 2.01. The molecule has 0 aliphatic heterocycles. The first-order valence-corrected chi connectivity index (χ1v) is 4.94. The van der Waals surface area contributed by atoms with Gasteiger partial charge in [0.1, 0.15) is 5.82 Å².